The van der Waals surface area contributed by atoms with Gasteiger partial charge >= 0.3 is 0 Å². The van der Waals surface area contributed by atoms with E-state index in [-0.39, 0.29) is 17.4 Å². The molecule has 3 rings (SSSR count). The second-order valence-corrected chi connectivity index (χ2v) is 5.96. The Kier molecular flexibility index (Phi) is 3.62. The van der Waals surface area contributed by atoms with E-state index >= 15 is 0 Å². The third-order valence-corrected chi connectivity index (χ3v) is 4.62. The Hall–Kier alpha value is -2.34. The van der Waals surface area contributed by atoms with Crippen LogP contribution in [0.4, 0.5) is 0 Å². The van der Waals surface area contributed by atoms with Crippen LogP contribution in [0, 0.1) is 0 Å². The number of phenols is 2. The van der Waals surface area contributed by atoms with Crippen LogP contribution in [0.15, 0.2) is 29.4 Å². The fourth-order valence-electron chi connectivity index (χ4n) is 2.31. The predicted molar refractivity (Wildman–Crippen MR) is 81.2 cm³/mol. The van der Waals surface area contributed by atoms with Gasteiger partial charge in [0.05, 0.1) is 11.1 Å². The summed E-state index contributed by atoms with van der Waals surface area (Å²) in [5.74, 6) is -0.740. The third-order valence-electron chi connectivity index (χ3n) is 3.39. The average molecular weight is 302 g/mol. The van der Waals surface area contributed by atoms with Gasteiger partial charge in [-0.1, -0.05) is 6.07 Å². The minimum Gasteiger partial charge on any atom is -0.504 e. The van der Waals surface area contributed by atoms with Crippen molar-refractivity contribution in [2.75, 3.05) is 0 Å². The molecule has 0 spiro atoms. The van der Waals surface area contributed by atoms with Crippen molar-refractivity contribution >= 4 is 23.5 Å². The largest absolute Gasteiger partial charge is 0.504 e. The zero-order chi connectivity index (χ0) is 14.8. The summed E-state index contributed by atoms with van der Waals surface area (Å²) in [5.41, 5.74) is 4.03. The summed E-state index contributed by atoms with van der Waals surface area (Å²) in [6.45, 7) is 0. The second-order valence-electron chi connectivity index (χ2n) is 4.83. The van der Waals surface area contributed by atoms with E-state index in [1.54, 1.807) is 12.1 Å². The molecule has 0 aliphatic heterocycles. The Morgan fingerprint density at radius 2 is 2.19 bits per heavy atom. The van der Waals surface area contributed by atoms with Gasteiger partial charge in [-0.05, 0) is 43.0 Å². The molecular formula is C15H14N2O3S. The highest BCUT2D eigenvalue weighted by Gasteiger charge is 2.18. The number of aryl methyl sites for hydroxylation is 2. The van der Waals surface area contributed by atoms with E-state index in [1.165, 1.54) is 34.1 Å². The molecule has 0 unspecified atom stereocenters. The van der Waals surface area contributed by atoms with Crippen LogP contribution in [0.3, 0.4) is 0 Å². The molecule has 0 saturated heterocycles. The summed E-state index contributed by atoms with van der Waals surface area (Å²) >= 11 is 1.51. The molecule has 1 aromatic heterocycles. The highest BCUT2D eigenvalue weighted by Crippen LogP contribution is 2.30. The van der Waals surface area contributed by atoms with Crippen LogP contribution < -0.4 is 5.43 Å². The van der Waals surface area contributed by atoms with Crippen molar-refractivity contribution in [1.82, 2.24) is 5.43 Å². The first-order valence-corrected chi connectivity index (χ1v) is 7.43. The molecule has 5 nitrogen and oxygen atoms in total. The molecule has 0 saturated carbocycles. The molecule has 0 fully saturated rings. The van der Waals surface area contributed by atoms with Crippen molar-refractivity contribution in [3.8, 4) is 11.5 Å². The third kappa shape index (κ3) is 2.75. The van der Waals surface area contributed by atoms with Crippen molar-refractivity contribution in [1.29, 1.82) is 0 Å². The van der Waals surface area contributed by atoms with E-state index in [9.17, 15) is 15.0 Å². The van der Waals surface area contributed by atoms with E-state index in [2.05, 4.69) is 10.5 Å². The van der Waals surface area contributed by atoms with Crippen LogP contribution in [0.1, 0.15) is 32.1 Å². The maximum Gasteiger partial charge on any atom is 0.281 e. The zero-order valence-corrected chi connectivity index (χ0v) is 12.0. The smallest absolute Gasteiger partial charge is 0.281 e. The maximum absolute atomic E-state index is 12.0. The highest BCUT2D eigenvalue weighted by atomic mass is 32.1. The van der Waals surface area contributed by atoms with Gasteiger partial charge in [-0.25, -0.2) is 5.43 Å². The highest BCUT2D eigenvalue weighted by molar-refractivity contribution is 7.14. The predicted octanol–water partition coefficient (Wildman–Crippen LogP) is 2.41. The summed E-state index contributed by atoms with van der Waals surface area (Å²) < 4.78 is 0. The monoisotopic (exact) mass is 302 g/mol. The van der Waals surface area contributed by atoms with Crippen molar-refractivity contribution in [2.24, 2.45) is 5.10 Å². The summed E-state index contributed by atoms with van der Waals surface area (Å²) in [6.07, 6.45) is 4.56. The van der Waals surface area contributed by atoms with Gasteiger partial charge in [0.15, 0.2) is 11.5 Å². The lowest BCUT2D eigenvalue weighted by molar-refractivity contribution is 0.0959. The molecule has 1 amide bonds. The van der Waals surface area contributed by atoms with Gasteiger partial charge in [0.2, 0.25) is 0 Å². The number of hydrogen-bond acceptors (Lipinski definition) is 5. The molecule has 2 aromatic rings. The zero-order valence-electron chi connectivity index (χ0n) is 11.2. The molecular weight excluding hydrogens is 288 g/mol. The number of aromatic hydroxyl groups is 2. The second kappa shape index (κ2) is 5.57. The first kappa shape index (κ1) is 13.6. The van der Waals surface area contributed by atoms with E-state index in [1.807, 2.05) is 6.07 Å². The Morgan fingerprint density at radius 3 is 3.00 bits per heavy atom. The van der Waals surface area contributed by atoms with Gasteiger partial charge < -0.3 is 10.2 Å². The van der Waals surface area contributed by atoms with Crippen LogP contribution in [0.25, 0.3) is 0 Å². The average Bonchev–Trinajstić information content (AvgIpc) is 3.04. The minimum atomic E-state index is -0.259. The molecule has 0 bridgehead atoms. The van der Waals surface area contributed by atoms with Crippen LogP contribution in [-0.4, -0.2) is 22.3 Å². The maximum atomic E-state index is 12.0. The number of nitrogens with one attached hydrogen (secondary N) is 1. The fraction of sp³-hybridized carbons (Fsp3) is 0.200. The van der Waals surface area contributed by atoms with E-state index in [4.69, 9.17) is 0 Å². The number of phenolic OH excluding ortho intramolecular Hbond substituents is 2. The summed E-state index contributed by atoms with van der Waals surface area (Å²) in [6, 6.07) is 6.47. The standard InChI is InChI=1S/C15H14N2O3S/c18-11-5-1-4-10(14(11)19)8-16-17-15(20)13-7-9-3-2-6-12(9)21-13/h1,4-5,7-8,18-19H,2-3,6H2,(H,17,20)/b16-8+. The fourth-order valence-corrected chi connectivity index (χ4v) is 3.45. The number of fused-ring (bicyclic) bond motifs is 1. The molecule has 1 aliphatic carbocycles. The van der Waals surface area contributed by atoms with Gasteiger partial charge in [0, 0.05) is 10.4 Å². The Labute approximate surface area is 125 Å². The number of amides is 1. The van der Waals surface area contributed by atoms with Gasteiger partial charge in [-0.15, -0.1) is 11.3 Å². The summed E-state index contributed by atoms with van der Waals surface area (Å²) in [7, 11) is 0. The molecule has 1 heterocycles. The Morgan fingerprint density at radius 1 is 1.33 bits per heavy atom. The number of para-hydroxylation sites is 1. The van der Waals surface area contributed by atoms with Crippen LogP contribution >= 0.6 is 11.3 Å². The summed E-state index contributed by atoms with van der Waals surface area (Å²) in [4.78, 5) is 13.9. The van der Waals surface area contributed by atoms with Crippen LogP contribution in [0.2, 0.25) is 0 Å². The molecule has 6 heteroatoms. The lowest BCUT2D eigenvalue weighted by Gasteiger charge is -2.00. The SMILES string of the molecule is O=C(N/N=C/c1cccc(O)c1O)c1cc2c(s1)CCC2. The first-order valence-electron chi connectivity index (χ1n) is 6.61. The first-order chi connectivity index (χ1) is 10.1. The van der Waals surface area contributed by atoms with E-state index in [0.717, 1.165) is 19.3 Å². The van der Waals surface area contributed by atoms with Crippen molar-refractivity contribution in [3.05, 3.63) is 45.1 Å². The van der Waals surface area contributed by atoms with Crippen LogP contribution in [-0.2, 0) is 12.8 Å². The van der Waals surface area contributed by atoms with Gasteiger partial charge in [0.25, 0.3) is 5.91 Å². The molecule has 0 radical (unpaired) electrons. The minimum absolute atomic E-state index is 0.222. The number of carbonyl (C=O) groups is 1. The lowest BCUT2D eigenvalue weighted by Crippen LogP contribution is -2.16. The number of hydrogen-bond donors (Lipinski definition) is 3. The number of rotatable bonds is 3. The molecule has 1 aliphatic rings. The molecule has 108 valence electrons. The topological polar surface area (TPSA) is 81.9 Å². The number of nitrogens with zero attached hydrogens (tertiary/aromatic N) is 1. The van der Waals surface area contributed by atoms with E-state index in [0.29, 0.717) is 10.4 Å². The lowest BCUT2D eigenvalue weighted by atomic mass is 10.2. The number of thiophene rings is 1. The van der Waals surface area contributed by atoms with Crippen molar-refractivity contribution in [2.45, 2.75) is 19.3 Å². The van der Waals surface area contributed by atoms with Crippen molar-refractivity contribution < 1.29 is 15.0 Å². The van der Waals surface area contributed by atoms with Crippen molar-refractivity contribution in [3.63, 3.8) is 0 Å². The number of hydrazone groups is 1. The molecule has 1 aromatic carbocycles. The van der Waals surface area contributed by atoms with Crippen LogP contribution in [0.5, 0.6) is 11.5 Å². The van der Waals surface area contributed by atoms with Gasteiger partial charge in [0.1, 0.15) is 0 Å². The normalized spacial score (nSPS) is 13.5. The summed E-state index contributed by atoms with van der Waals surface area (Å²) in [5, 5.41) is 22.8. The molecule has 21 heavy (non-hydrogen) atoms. The quantitative estimate of drug-likeness (QED) is 0.462. The molecule has 3 N–H and O–H groups in total. The van der Waals surface area contributed by atoms with E-state index < -0.39 is 0 Å². The Balaban J connectivity index is 1.67. The Bertz CT molecular complexity index is 700. The van der Waals surface area contributed by atoms with Gasteiger partial charge in [-0.3, -0.25) is 4.79 Å². The molecule has 0 atom stereocenters. The van der Waals surface area contributed by atoms with Gasteiger partial charge in [-0.2, -0.15) is 5.10 Å². The number of benzene rings is 1. The number of carbonyl (C=O) groups excluding carboxylic acids is 1.